The lowest BCUT2D eigenvalue weighted by Crippen LogP contribution is -2.26. The molecule has 1 heterocycles. The molecule has 17 heavy (non-hydrogen) atoms. The van der Waals surface area contributed by atoms with E-state index in [2.05, 4.69) is 28.8 Å². The number of halogens is 1. The predicted molar refractivity (Wildman–Crippen MR) is 68.8 cm³/mol. The van der Waals surface area contributed by atoms with Crippen molar-refractivity contribution in [3.8, 4) is 6.01 Å². The zero-order valence-electron chi connectivity index (χ0n) is 10.6. The van der Waals surface area contributed by atoms with Gasteiger partial charge in [-0.25, -0.2) is 0 Å². The quantitative estimate of drug-likeness (QED) is 0.752. The fraction of sp³-hybridized carbons (Fsp3) is 0.727. The molecule has 6 heteroatoms. The second-order valence-corrected chi connectivity index (χ2v) is 3.95. The monoisotopic (exact) mass is 258 g/mol. The van der Waals surface area contributed by atoms with E-state index >= 15 is 0 Å². The third kappa shape index (κ3) is 4.34. The molecule has 0 unspecified atom stereocenters. The molecule has 1 aromatic rings. The van der Waals surface area contributed by atoms with Gasteiger partial charge in [-0.1, -0.05) is 13.8 Å². The molecular weight excluding hydrogens is 240 g/mol. The van der Waals surface area contributed by atoms with E-state index in [0.717, 1.165) is 25.9 Å². The largest absolute Gasteiger partial charge is 0.463 e. The molecule has 0 radical (unpaired) electrons. The lowest BCUT2D eigenvalue weighted by molar-refractivity contribution is 0.291. The van der Waals surface area contributed by atoms with Crippen LogP contribution in [0.25, 0.3) is 0 Å². The molecule has 0 bridgehead atoms. The van der Waals surface area contributed by atoms with Crippen molar-refractivity contribution < 1.29 is 4.74 Å². The number of aromatic nitrogens is 3. The fourth-order valence-corrected chi connectivity index (χ4v) is 1.54. The van der Waals surface area contributed by atoms with Gasteiger partial charge in [-0.3, -0.25) is 0 Å². The van der Waals surface area contributed by atoms with E-state index < -0.39 is 0 Å². The molecule has 0 aliphatic heterocycles. The molecule has 5 nitrogen and oxygen atoms in total. The summed E-state index contributed by atoms with van der Waals surface area (Å²) in [7, 11) is 0. The van der Waals surface area contributed by atoms with Crippen LogP contribution in [0.4, 0.5) is 5.95 Å². The van der Waals surface area contributed by atoms with Crippen LogP contribution in [-0.2, 0) is 0 Å². The van der Waals surface area contributed by atoms with E-state index in [9.17, 15) is 0 Å². The number of hydrogen-bond acceptors (Lipinski definition) is 5. The van der Waals surface area contributed by atoms with Crippen LogP contribution in [0.5, 0.6) is 6.01 Å². The molecule has 0 aliphatic rings. The summed E-state index contributed by atoms with van der Waals surface area (Å²) >= 11 is 5.86. The van der Waals surface area contributed by atoms with Crippen LogP contribution in [0, 0.1) is 0 Å². The molecule has 0 saturated carbocycles. The van der Waals surface area contributed by atoms with E-state index in [0.29, 0.717) is 18.6 Å². The summed E-state index contributed by atoms with van der Waals surface area (Å²) < 4.78 is 5.38. The molecule has 0 N–H and O–H groups in total. The lowest BCUT2D eigenvalue weighted by atomic mass is 10.4. The van der Waals surface area contributed by atoms with Crippen LogP contribution < -0.4 is 9.64 Å². The van der Waals surface area contributed by atoms with Crippen molar-refractivity contribution in [2.75, 3.05) is 24.6 Å². The van der Waals surface area contributed by atoms with Gasteiger partial charge in [0.2, 0.25) is 11.2 Å². The summed E-state index contributed by atoms with van der Waals surface area (Å²) in [5, 5.41) is 0.177. The maximum absolute atomic E-state index is 5.86. The highest BCUT2D eigenvalue weighted by Crippen LogP contribution is 2.15. The van der Waals surface area contributed by atoms with Crippen LogP contribution in [0.1, 0.15) is 33.6 Å². The predicted octanol–water partition coefficient (Wildman–Crippen LogP) is 2.55. The van der Waals surface area contributed by atoms with Gasteiger partial charge < -0.3 is 9.64 Å². The SMILES string of the molecule is CCCOc1nc(Cl)nc(N(CC)CCC)n1. The second kappa shape index (κ2) is 7.27. The van der Waals surface area contributed by atoms with E-state index in [1.54, 1.807) is 0 Å². The van der Waals surface area contributed by atoms with Crippen LogP contribution >= 0.6 is 11.6 Å². The lowest BCUT2D eigenvalue weighted by Gasteiger charge is -2.19. The zero-order valence-corrected chi connectivity index (χ0v) is 11.4. The van der Waals surface area contributed by atoms with Crippen molar-refractivity contribution >= 4 is 17.5 Å². The average Bonchev–Trinajstić information content (AvgIpc) is 2.32. The van der Waals surface area contributed by atoms with Crippen molar-refractivity contribution in [2.45, 2.75) is 33.6 Å². The van der Waals surface area contributed by atoms with Crippen molar-refractivity contribution in [1.29, 1.82) is 0 Å². The third-order valence-electron chi connectivity index (χ3n) is 2.17. The Morgan fingerprint density at radius 2 is 1.88 bits per heavy atom. The highest BCUT2D eigenvalue weighted by atomic mass is 35.5. The Labute approximate surface area is 107 Å². The molecule has 1 aromatic heterocycles. The molecule has 1 rings (SSSR count). The van der Waals surface area contributed by atoms with Crippen LogP contribution in [-0.4, -0.2) is 34.6 Å². The van der Waals surface area contributed by atoms with Gasteiger partial charge in [0.25, 0.3) is 0 Å². The highest BCUT2D eigenvalue weighted by molar-refractivity contribution is 6.28. The Bertz CT molecular complexity index is 348. The summed E-state index contributed by atoms with van der Waals surface area (Å²) in [4.78, 5) is 14.4. The molecule has 0 atom stereocenters. The van der Waals surface area contributed by atoms with Crippen molar-refractivity contribution in [2.24, 2.45) is 0 Å². The normalized spacial score (nSPS) is 10.4. The molecule has 0 saturated heterocycles. The molecule has 0 fully saturated rings. The Kier molecular flexibility index (Phi) is 5.97. The van der Waals surface area contributed by atoms with Crippen molar-refractivity contribution in [3.63, 3.8) is 0 Å². The van der Waals surface area contributed by atoms with Crippen molar-refractivity contribution in [1.82, 2.24) is 15.0 Å². The van der Waals surface area contributed by atoms with E-state index in [-0.39, 0.29) is 5.28 Å². The molecule has 0 spiro atoms. The standard InChI is InChI=1S/C11H19ClN4O/c1-4-7-16(6-3)10-13-9(12)14-11(15-10)17-8-5-2/h4-8H2,1-3H3. The van der Waals surface area contributed by atoms with Crippen LogP contribution in [0.3, 0.4) is 0 Å². The Hall–Kier alpha value is -1.10. The third-order valence-corrected chi connectivity index (χ3v) is 2.34. The summed E-state index contributed by atoms with van der Waals surface area (Å²) in [6, 6.07) is 0.302. The molecular formula is C11H19ClN4O. The van der Waals surface area contributed by atoms with E-state index in [4.69, 9.17) is 16.3 Å². The van der Waals surface area contributed by atoms with Gasteiger partial charge in [0.05, 0.1) is 6.61 Å². The second-order valence-electron chi connectivity index (χ2n) is 3.62. The first kappa shape index (κ1) is 14.0. The molecule has 96 valence electrons. The minimum atomic E-state index is 0.177. The highest BCUT2D eigenvalue weighted by Gasteiger charge is 2.11. The molecule has 0 aromatic carbocycles. The van der Waals surface area contributed by atoms with Gasteiger partial charge in [-0.15, -0.1) is 0 Å². The van der Waals surface area contributed by atoms with Gasteiger partial charge in [-0.2, -0.15) is 15.0 Å². The van der Waals surface area contributed by atoms with Gasteiger partial charge in [0.15, 0.2) is 0 Å². The molecule has 0 aliphatic carbocycles. The number of anilines is 1. The summed E-state index contributed by atoms with van der Waals surface area (Å²) in [5.41, 5.74) is 0. The zero-order chi connectivity index (χ0) is 12.7. The smallest absolute Gasteiger partial charge is 0.322 e. The van der Waals surface area contributed by atoms with Crippen molar-refractivity contribution in [3.05, 3.63) is 5.28 Å². The van der Waals surface area contributed by atoms with E-state index in [1.165, 1.54) is 0 Å². The minimum Gasteiger partial charge on any atom is -0.463 e. The Balaban J connectivity index is 2.86. The van der Waals surface area contributed by atoms with Gasteiger partial charge in [0.1, 0.15) is 0 Å². The van der Waals surface area contributed by atoms with Crippen LogP contribution in [0.2, 0.25) is 5.28 Å². The first-order chi connectivity index (χ1) is 8.21. The number of ether oxygens (including phenoxy) is 1. The maximum Gasteiger partial charge on any atom is 0.322 e. The summed E-state index contributed by atoms with van der Waals surface area (Å²) in [5.74, 6) is 0.584. The Morgan fingerprint density at radius 1 is 1.12 bits per heavy atom. The minimum absolute atomic E-state index is 0.177. The first-order valence-electron chi connectivity index (χ1n) is 6.00. The fourth-order valence-electron chi connectivity index (χ4n) is 1.39. The first-order valence-corrected chi connectivity index (χ1v) is 6.38. The molecule has 0 amide bonds. The van der Waals surface area contributed by atoms with Gasteiger partial charge >= 0.3 is 6.01 Å². The Morgan fingerprint density at radius 3 is 2.47 bits per heavy atom. The number of hydrogen-bond donors (Lipinski definition) is 0. The van der Waals surface area contributed by atoms with Gasteiger partial charge in [-0.05, 0) is 31.4 Å². The average molecular weight is 259 g/mol. The topological polar surface area (TPSA) is 51.1 Å². The van der Waals surface area contributed by atoms with Gasteiger partial charge in [0, 0.05) is 13.1 Å². The van der Waals surface area contributed by atoms with E-state index in [1.807, 2.05) is 11.8 Å². The summed E-state index contributed by atoms with van der Waals surface area (Å²) in [6.07, 6.45) is 1.94. The summed E-state index contributed by atoms with van der Waals surface area (Å²) in [6.45, 7) is 8.50. The maximum atomic E-state index is 5.86. The number of rotatable bonds is 7. The number of nitrogens with zero attached hydrogens (tertiary/aromatic N) is 4. The van der Waals surface area contributed by atoms with Crippen LogP contribution in [0.15, 0.2) is 0 Å².